The molecular weight excluding hydrogens is 567 g/mol. The normalized spacial score (nSPS) is 10.0. The molecule has 12 heteroatoms. The number of oxazole rings is 1. The summed E-state index contributed by atoms with van der Waals surface area (Å²) in [6.07, 6.45) is 9.27. The maximum absolute atomic E-state index is 12.4. The van der Waals surface area contributed by atoms with Crippen LogP contribution in [0.2, 0.25) is 0 Å². The number of aromatic hydroxyl groups is 1. The molecule has 0 saturated heterocycles. The first-order chi connectivity index (χ1) is 20.1. The van der Waals surface area contributed by atoms with Crippen molar-refractivity contribution in [3.63, 3.8) is 0 Å². The Hall–Kier alpha value is -4.73. The first-order valence-corrected chi connectivity index (χ1v) is 12.9. The van der Waals surface area contributed by atoms with Gasteiger partial charge in [-0.25, -0.2) is 4.98 Å². The smallest absolute Gasteiger partial charge is 0.432 e. The van der Waals surface area contributed by atoms with Crippen LogP contribution in [0.4, 0.5) is 13.2 Å². The van der Waals surface area contributed by atoms with Crippen molar-refractivity contribution in [1.82, 2.24) is 15.3 Å². The van der Waals surface area contributed by atoms with E-state index in [1.807, 2.05) is 30.5 Å². The lowest BCUT2D eigenvalue weighted by Gasteiger charge is -2.05. The number of aromatic amines is 1. The second kappa shape index (κ2) is 19.4. The van der Waals surface area contributed by atoms with Gasteiger partial charge in [-0.3, -0.25) is 10.2 Å². The number of rotatable bonds is 7. The number of nitrogens with one attached hydrogen (secondary N) is 3. The van der Waals surface area contributed by atoms with Crippen molar-refractivity contribution in [1.29, 1.82) is 5.41 Å². The number of carbonyl (C=O) groups is 1. The van der Waals surface area contributed by atoms with Crippen LogP contribution in [0.15, 0.2) is 72.3 Å². The van der Waals surface area contributed by atoms with E-state index in [0.29, 0.717) is 36.0 Å². The highest BCUT2D eigenvalue weighted by atomic mass is 32.1. The lowest BCUT2D eigenvalue weighted by atomic mass is 10.1. The van der Waals surface area contributed by atoms with Crippen LogP contribution >= 0.6 is 12.6 Å². The minimum Gasteiger partial charge on any atom is -0.508 e. The van der Waals surface area contributed by atoms with E-state index in [9.17, 15) is 23.1 Å². The van der Waals surface area contributed by atoms with Crippen molar-refractivity contribution in [3.8, 4) is 30.1 Å². The molecule has 0 saturated carbocycles. The molecular formula is C30H34F3N5O3S. The average Bonchev–Trinajstić information content (AvgIpc) is 3.60. The molecule has 6 N–H and O–H groups in total. The van der Waals surface area contributed by atoms with Gasteiger partial charge in [0.1, 0.15) is 17.2 Å². The van der Waals surface area contributed by atoms with Gasteiger partial charge in [-0.15, -0.1) is 26.0 Å². The maximum atomic E-state index is 12.4. The van der Waals surface area contributed by atoms with Gasteiger partial charge in [-0.05, 0) is 54.6 Å². The monoisotopic (exact) mass is 601 g/mol. The molecule has 4 rings (SSSR count). The predicted molar refractivity (Wildman–Crippen MR) is 166 cm³/mol. The van der Waals surface area contributed by atoms with Crippen molar-refractivity contribution >= 4 is 41.7 Å². The molecule has 0 bridgehead atoms. The summed E-state index contributed by atoms with van der Waals surface area (Å²) in [5, 5.41) is 20.3. The summed E-state index contributed by atoms with van der Waals surface area (Å²) >= 11 is 3.53. The molecule has 0 aliphatic heterocycles. The van der Waals surface area contributed by atoms with Crippen LogP contribution < -0.4 is 11.1 Å². The highest BCUT2D eigenvalue weighted by Gasteiger charge is 2.32. The van der Waals surface area contributed by atoms with E-state index in [1.165, 1.54) is 18.2 Å². The predicted octanol–water partition coefficient (Wildman–Crippen LogP) is 6.42. The van der Waals surface area contributed by atoms with Crippen molar-refractivity contribution in [2.45, 2.75) is 26.2 Å². The number of carbonyl (C=O) groups excluding carboxylic acids is 1. The average molecular weight is 602 g/mol. The number of hydrogen-bond acceptors (Lipinski definition) is 7. The zero-order valence-corrected chi connectivity index (χ0v) is 24.1. The molecule has 0 radical (unpaired) electrons. The number of benzene rings is 2. The third kappa shape index (κ3) is 11.0. The van der Waals surface area contributed by atoms with Gasteiger partial charge >= 0.3 is 6.18 Å². The number of H-pyrrole nitrogens is 1. The summed E-state index contributed by atoms with van der Waals surface area (Å²) < 4.78 is 42.6. The van der Waals surface area contributed by atoms with Crippen LogP contribution in [0.25, 0.3) is 28.4 Å². The molecule has 0 unspecified atom stereocenters. The highest BCUT2D eigenvalue weighted by Crippen LogP contribution is 2.29. The SMILES string of the molecule is C#C.C=C.CS.Cc1nc(-c2ccc(O)cc2/C=C\C(=N)C(F)(F)F)oc1CN.O=CNCc1c[nH]c2ccccc12. The number of aryl methyl sites for hydroxylation is 1. The molecule has 1 amide bonds. The fourth-order valence-electron chi connectivity index (χ4n) is 3.31. The molecule has 0 fully saturated rings. The lowest BCUT2D eigenvalue weighted by Crippen LogP contribution is -2.19. The summed E-state index contributed by atoms with van der Waals surface area (Å²) in [4.78, 5) is 17.4. The Morgan fingerprint density at radius 1 is 1.24 bits per heavy atom. The van der Waals surface area contributed by atoms with Gasteiger partial charge in [-0.1, -0.05) is 24.3 Å². The topological polar surface area (TPSA) is 141 Å². The number of para-hydroxylation sites is 1. The summed E-state index contributed by atoms with van der Waals surface area (Å²) in [7, 11) is 0. The number of terminal acetylenes is 1. The van der Waals surface area contributed by atoms with Gasteiger partial charge in [-0.2, -0.15) is 25.8 Å². The number of phenolic OH excluding ortho intramolecular Hbond substituents is 1. The minimum atomic E-state index is -4.74. The molecule has 8 nitrogen and oxygen atoms in total. The number of nitrogens with zero attached hydrogens (tertiary/aromatic N) is 1. The van der Waals surface area contributed by atoms with E-state index < -0.39 is 11.9 Å². The Balaban J connectivity index is 0.000000747. The number of nitrogens with two attached hydrogens (primary N) is 1. The second-order valence-corrected chi connectivity index (χ2v) is 7.61. The van der Waals surface area contributed by atoms with Crippen molar-refractivity contribution in [2.75, 3.05) is 6.26 Å². The standard InChI is InChI=1S/C15H14F3N3O2.C10H10N2O.C2H4.C2H2.CH4S/c1-8-12(7-19)23-14(21-8)11-4-3-10(22)6-9(11)2-5-13(20)15(16,17)18;13-7-11-5-8-6-12-10-4-2-1-3-9(8)10;3*1-2/h2-6,20,22H,7,19H2,1H3;1-4,6-7,12H,5H2,(H,11,13);1-2H2;1-2H;2H,1H3/b5-2-,20-13?;;;;. The first-order valence-electron chi connectivity index (χ1n) is 12.0. The van der Waals surface area contributed by atoms with E-state index in [-0.39, 0.29) is 23.7 Å². The van der Waals surface area contributed by atoms with E-state index in [1.54, 1.807) is 13.2 Å². The van der Waals surface area contributed by atoms with Gasteiger partial charge in [0, 0.05) is 29.2 Å². The lowest BCUT2D eigenvalue weighted by molar-refractivity contribution is -0.109. The Morgan fingerprint density at radius 3 is 2.45 bits per heavy atom. The zero-order chi connectivity index (χ0) is 32.3. The number of amides is 1. The molecule has 2 aromatic heterocycles. The number of halogens is 3. The number of hydrogen-bond donors (Lipinski definition) is 6. The van der Waals surface area contributed by atoms with Crippen molar-refractivity contribution < 1.29 is 27.5 Å². The molecule has 224 valence electrons. The van der Waals surface area contributed by atoms with Crippen molar-refractivity contribution in [3.05, 3.63) is 90.5 Å². The number of thiol groups is 1. The summed E-state index contributed by atoms with van der Waals surface area (Å²) in [5.74, 6) is 0.515. The Labute approximate surface area is 248 Å². The molecule has 0 atom stereocenters. The fourth-order valence-corrected chi connectivity index (χ4v) is 3.31. The van der Waals surface area contributed by atoms with Crippen molar-refractivity contribution in [2.24, 2.45) is 5.73 Å². The van der Waals surface area contributed by atoms with Crippen LogP contribution in [0.1, 0.15) is 22.6 Å². The number of phenols is 1. The molecule has 0 aliphatic rings. The Bertz CT molecular complexity index is 1460. The van der Waals surface area contributed by atoms with Gasteiger partial charge in [0.25, 0.3) is 0 Å². The van der Waals surface area contributed by atoms with Crippen LogP contribution in [0.3, 0.4) is 0 Å². The second-order valence-electron chi connectivity index (χ2n) is 7.61. The van der Waals surface area contributed by atoms with Crippen LogP contribution in [0.5, 0.6) is 5.75 Å². The summed E-state index contributed by atoms with van der Waals surface area (Å²) in [6.45, 7) is 8.42. The van der Waals surface area contributed by atoms with Gasteiger partial charge in [0.05, 0.1) is 12.2 Å². The molecule has 2 aromatic carbocycles. The van der Waals surface area contributed by atoms with Gasteiger partial charge < -0.3 is 25.6 Å². The molecule has 42 heavy (non-hydrogen) atoms. The summed E-state index contributed by atoms with van der Waals surface area (Å²) in [6, 6.07) is 12.1. The number of alkyl halides is 3. The zero-order valence-electron chi connectivity index (χ0n) is 23.2. The maximum Gasteiger partial charge on any atom is 0.432 e. The van der Waals surface area contributed by atoms with E-state index in [0.717, 1.165) is 22.5 Å². The van der Waals surface area contributed by atoms with Crippen LogP contribution in [0, 0.1) is 25.2 Å². The van der Waals surface area contributed by atoms with Gasteiger partial charge in [0.15, 0.2) is 0 Å². The largest absolute Gasteiger partial charge is 0.508 e. The molecule has 2 heterocycles. The molecule has 0 spiro atoms. The Kier molecular flexibility index (Phi) is 17.2. The first kappa shape index (κ1) is 37.3. The number of fused-ring (bicyclic) bond motifs is 1. The molecule has 0 aliphatic carbocycles. The highest BCUT2D eigenvalue weighted by molar-refractivity contribution is 7.79. The van der Waals surface area contributed by atoms with E-state index >= 15 is 0 Å². The van der Waals surface area contributed by atoms with E-state index in [2.05, 4.69) is 53.9 Å². The number of aromatic nitrogens is 2. The summed E-state index contributed by atoms with van der Waals surface area (Å²) in [5.41, 5.74) is 7.43. The third-order valence-electron chi connectivity index (χ3n) is 5.13. The molecule has 4 aromatic rings. The Morgan fingerprint density at radius 2 is 1.88 bits per heavy atom. The number of allylic oxidation sites excluding steroid dienone is 1. The minimum absolute atomic E-state index is 0.130. The third-order valence-corrected chi connectivity index (χ3v) is 5.13. The van der Waals surface area contributed by atoms with Crippen LogP contribution in [-0.4, -0.2) is 39.6 Å². The van der Waals surface area contributed by atoms with Crippen LogP contribution in [-0.2, 0) is 17.9 Å². The van der Waals surface area contributed by atoms with Gasteiger partial charge in [0.2, 0.25) is 12.3 Å². The van der Waals surface area contributed by atoms with E-state index in [4.69, 9.17) is 15.6 Å². The fraction of sp³-hybridized carbons (Fsp3) is 0.167. The quantitative estimate of drug-likeness (QED) is 0.0477.